The molecule has 24 heavy (non-hydrogen) atoms. The Morgan fingerprint density at radius 2 is 0.792 bits per heavy atom. The number of hydrogen-bond donors (Lipinski definition) is 0. The molecular formula is C24H52. The minimum Gasteiger partial charge on any atom is -0.0654 e. The maximum Gasteiger partial charge on any atom is -0.0391 e. The summed E-state index contributed by atoms with van der Waals surface area (Å²) < 4.78 is 0. The smallest absolute Gasteiger partial charge is 0.0391 e. The molecule has 0 fully saturated rings. The summed E-state index contributed by atoms with van der Waals surface area (Å²) >= 11 is 0. The molecule has 0 aromatic carbocycles. The highest BCUT2D eigenvalue weighted by Gasteiger charge is 2.14. The molecule has 0 amide bonds. The Balaban J connectivity index is 0. The van der Waals surface area contributed by atoms with Gasteiger partial charge in [-0.1, -0.05) is 108 Å². The van der Waals surface area contributed by atoms with Crippen molar-refractivity contribution in [3.8, 4) is 0 Å². The molecule has 0 bridgehead atoms. The minimum absolute atomic E-state index is 0.870. The van der Waals surface area contributed by atoms with E-state index in [0.717, 1.165) is 35.5 Å². The number of hydrogen-bond acceptors (Lipinski definition) is 0. The zero-order valence-corrected chi connectivity index (χ0v) is 19.1. The second kappa shape index (κ2) is 16.5. The molecule has 0 aliphatic heterocycles. The highest BCUT2D eigenvalue weighted by atomic mass is 14.2. The Hall–Kier alpha value is 0. The van der Waals surface area contributed by atoms with Gasteiger partial charge >= 0.3 is 0 Å². The van der Waals surface area contributed by atoms with Crippen LogP contribution in [-0.2, 0) is 0 Å². The second-order valence-corrected chi connectivity index (χ2v) is 9.08. The van der Waals surface area contributed by atoms with E-state index in [1.165, 1.54) is 51.4 Å². The largest absolute Gasteiger partial charge is 0.0654 e. The monoisotopic (exact) mass is 340 g/mol. The van der Waals surface area contributed by atoms with Gasteiger partial charge in [0.1, 0.15) is 0 Å². The lowest BCUT2D eigenvalue weighted by Crippen LogP contribution is -2.11. The summed E-state index contributed by atoms with van der Waals surface area (Å²) in [6, 6.07) is 0. The fourth-order valence-electron chi connectivity index (χ4n) is 4.08. The quantitative estimate of drug-likeness (QED) is 0.332. The van der Waals surface area contributed by atoms with Crippen molar-refractivity contribution >= 4 is 0 Å². The van der Waals surface area contributed by atoms with Crippen LogP contribution in [0.15, 0.2) is 0 Å². The van der Waals surface area contributed by atoms with E-state index in [9.17, 15) is 0 Å². The van der Waals surface area contributed by atoms with Gasteiger partial charge in [-0.3, -0.25) is 0 Å². The fourth-order valence-corrected chi connectivity index (χ4v) is 4.08. The van der Waals surface area contributed by atoms with Crippen LogP contribution in [0.25, 0.3) is 0 Å². The Bertz CT molecular complexity index is 214. The molecular weight excluding hydrogens is 288 g/mol. The van der Waals surface area contributed by atoms with E-state index in [1.807, 2.05) is 0 Å². The van der Waals surface area contributed by atoms with E-state index in [1.54, 1.807) is 0 Å². The van der Waals surface area contributed by atoms with Gasteiger partial charge in [0.2, 0.25) is 0 Å². The van der Waals surface area contributed by atoms with E-state index in [-0.39, 0.29) is 0 Å². The summed E-state index contributed by atoms with van der Waals surface area (Å²) in [5, 5.41) is 0. The third-order valence-corrected chi connectivity index (χ3v) is 5.91. The average Bonchev–Trinajstić information content (AvgIpc) is 2.50. The first-order valence-corrected chi connectivity index (χ1v) is 11.2. The third-order valence-electron chi connectivity index (χ3n) is 5.91. The predicted molar refractivity (Wildman–Crippen MR) is 115 cm³/mol. The summed E-state index contributed by atoms with van der Waals surface area (Å²) in [6.45, 7) is 23.4. The van der Waals surface area contributed by atoms with Crippen LogP contribution in [0.5, 0.6) is 0 Å². The molecule has 148 valence electrons. The molecule has 0 spiro atoms. The zero-order valence-electron chi connectivity index (χ0n) is 19.1. The van der Waals surface area contributed by atoms with Gasteiger partial charge in [-0.2, -0.15) is 0 Å². The molecule has 0 saturated heterocycles. The molecule has 0 aromatic rings. The van der Waals surface area contributed by atoms with Crippen LogP contribution >= 0.6 is 0 Å². The molecule has 0 rings (SSSR count). The fraction of sp³-hybridized carbons (Fsp3) is 1.00. The van der Waals surface area contributed by atoms with Crippen molar-refractivity contribution in [3.05, 3.63) is 0 Å². The Labute approximate surface area is 156 Å². The van der Waals surface area contributed by atoms with Gasteiger partial charge < -0.3 is 0 Å². The maximum atomic E-state index is 2.40. The van der Waals surface area contributed by atoms with Crippen LogP contribution in [0.4, 0.5) is 0 Å². The zero-order chi connectivity index (χ0) is 19.1. The first-order chi connectivity index (χ1) is 11.2. The lowest BCUT2D eigenvalue weighted by atomic mass is 9.84. The Kier molecular flexibility index (Phi) is 18.0. The first kappa shape index (κ1) is 26.2. The standard InChI is InChI=1S/2C12H26/c2*1-6-8-11(5)9-12(7-2)10(3)4/h2*10-12H,6-9H2,1-5H3. The summed E-state index contributed by atoms with van der Waals surface area (Å²) in [6.07, 6.45) is 11.1. The van der Waals surface area contributed by atoms with Crippen molar-refractivity contribution in [1.82, 2.24) is 0 Å². The van der Waals surface area contributed by atoms with E-state index in [2.05, 4.69) is 69.2 Å². The van der Waals surface area contributed by atoms with Gasteiger partial charge in [-0.05, 0) is 48.3 Å². The van der Waals surface area contributed by atoms with Crippen molar-refractivity contribution in [3.63, 3.8) is 0 Å². The molecule has 0 N–H and O–H groups in total. The summed E-state index contributed by atoms with van der Waals surface area (Å²) in [5.74, 6) is 5.51. The van der Waals surface area contributed by atoms with Gasteiger partial charge in [-0.25, -0.2) is 0 Å². The molecule has 0 aromatic heterocycles. The van der Waals surface area contributed by atoms with Crippen molar-refractivity contribution in [2.75, 3.05) is 0 Å². The highest BCUT2D eigenvalue weighted by Crippen LogP contribution is 2.26. The van der Waals surface area contributed by atoms with Crippen LogP contribution in [0.2, 0.25) is 0 Å². The third kappa shape index (κ3) is 14.4. The maximum absolute atomic E-state index is 2.40. The average molecular weight is 341 g/mol. The lowest BCUT2D eigenvalue weighted by Gasteiger charge is -2.22. The molecule has 0 radical (unpaired) electrons. The van der Waals surface area contributed by atoms with Crippen LogP contribution < -0.4 is 0 Å². The van der Waals surface area contributed by atoms with E-state index in [0.29, 0.717) is 0 Å². The SMILES string of the molecule is CCCC(C)CC(CC)C(C)C.CCCC(C)CC(CC)C(C)C. The first-order valence-electron chi connectivity index (χ1n) is 11.2. The van der Waals surface area contributed by atoms with Crippen molar-refractivity contribution in [2.24, 2.45) is 35.5 Å². The van der Waals surface area contributed by atoms with E-state index < -0.39 is 0 Å². The van der Waals surface area contributed by atoms with Gasteiger partial charge in [0.05, 0.1) is 0 Å². The Morgan fingerprint density at radius 3 is 0.958 bits per heavy atom. The molecule has 0 saturated carbocycles. The summed E-state index contributed by atoms with van der Waals surface area (Å²) in [4.78, 5) is 0. The molecule has 4 unspecified atom stereocenters. The van der Waals surface area contributed by atoms with Gasteiger partial charge in [0, 0.05) is 0 Å². The van der Waals surface area contributed by atoms with Gasteiger partial charge in [0.15, 0.2) is 0 Å². The van der Waals surface area contributed by atoms with Gasteiger partial charge in [0.25, 0.3) is 0 Å². The molecule has 0 heterocycles. The predicted octanol–water partition coefficient (Wildman–Crippen LogP) is 8.99. The second-order valence-electron chi connectivity index (χ2n) is 9.08. The van der Waals surface area contributed by atoms with Crippen molar-refractivity contribution in [1.29, 1.82) is 0 Å². The molecule has 0 heteroatoms. The van der Waals surface area contributed by atoms with Crippen LogP contribution in [0, 0.1) is 35.5 Å². The number of rotatable bonds is 12. The highest BCUT2D eigenvalue weighted by molar-refractivity contribution is 4.66. The van der Waals surface area contributed by atoms with E-state index in [4.69, 9.17) is 0 Å². The molecule has 0 aliphatic carbocycles. The molecule has 0 aliphatic rings. The minimum atomic E-state index is 0.870. The van der Waals surface area contributed by atoms with Crippen LogP contribution in [0.1, 0.15) is 121 Å². The summed E-state index contributed by atoms with van der Waals surface area (Å²) in [7, 11) is 0. The molecule has 0 nitrogen and oxygen atoms in total. The van der Waals surface area contributed by atoms with Crippen LogP contribution in [0.3, 0.4) is 0 Å². The van der Waals surface area contributed by atoms with Crippen molar-refractivity contribution in [2.45, 2.75) is 121 Å². The van der Waals surface area contributed by atoms with Crippen molar-refractivity contribution < 1.29 is 0 Å². The topological polar surface area (TPSA) is 0 Å². The normalized spacial score (nSPS) is 16.5. The summed E-state index contributed by atoms with van der Waals surface area (Å²) in [5.41, 5.74) is 0. The molecule has 4 atom stereocenters. The van der Waals surface area contributed by atoms with E-state index >= 15 is 0 Å². The van der Waals surface area contributed by atoms with Gasteiger partial charge in [-0.15, -0.1) is 0 Å². The van der Waals surface area contributed by atoms with Crippen LogP contribution in [-0.4, -0.2) is 0 Å². The lowest BCUT2D eigenvalue weighted by molar-refractivity contribution is 0.289. The Morgan fingerprint density at radius 1 is 0.500 bits per heavy atom.